The number of nitrogens with zero attached hydrogens (tertiary/aromatic N) is 3. The first-order valence-corrected chi connectivity index (χ1v) is 18.2. The van der Waals surface area contributed by atoms with Crippen molar-refractivity contribution in [1.29, 1.82) is 0 Å². The summed E-state index contributed by atoms with van der Waals surface area (Å²) in [4.78, 5) is 14.8. The molecule has 2 aliphatic rings. The van der Waals surface area contributed by atoms with E-state index in [-0.39, 0.29) is 0 Å². The first kappa shape index (κ1) is 32.4. The Balaban J connectivity index is 1.49. The van der Waals surface area contributed by atoms with Crippen LogP contribution in [0.5, 0.6) is 0 Å². The fraction of sp³-hybridized carbons (Fsp3) is 0.102. The van der Waals surface area contributed by atoms with Gasteiger partial charge in [0.2, 0.25) is 0 Å². The molecular weight excluding hydrogens is 645 g/mol. The Morgan fingerprint density at radius 3 is 0.962 bits per heavy atom. The van der Waals surface area contributed by atoms with Crippen LogP contribution in [0.4, 0.5) is 0 Å². The highest BCUT2D eigenvalue weighted by molar-refractivity contribution is 6.00. The van der Waals surface area contributed by atoms with Crippen molar-refractivity contribution < 1.29 is 0 Å². The Morgan fingerprint density at radius 1 is 0.358 bits per heavy atom. The smallest absolute Gasteiger partial charge is 0.0737 e. The summed E-state index contributed by atoms with van der Waals surface area (Å²) in [6.45, 7) is 8.52. The maximum absolute atomic E-state index is 5.46. The average Bonchev–Trinajstić information content (AvgIpc) is 3.99. The maximum Gasteiger partial charge on any atom is 0.0737 e. The van der Waals surface area contributed by atoms with Crippen molar-refractivity contribution >= 4 is 46.4 Å². The third-order valence-corrected chi connectivity index (χ3v) is 10.5. The van der Waals surface area contributed by atoms with Gasteiger partial charge in [-0.3, -0.25) is 0 Å². The summed E-state index contributed by atoms with van der Waals surface area (Å²) in [5, 5.41) is 0. The quantitative estimate of drug-likeness (QED) is 0.201. The lowest BCUT2D eigenvalue weighted by atomic mass is 10.0. The number of aromatic amines is 1. The summed E-state index contributed by atoms with van der Waals surface area (Å²) in [6, 6.07) is 43.9. The van der Waals surface area contributed by atoms with E-state index in [0.717, 1.165) is 89.4 Å². The van der Waals surface area contributed by atoms with Gasteiger partial charge in [0.15, 0.2) is 0 Å². The molecule has 0 saturated carbocycles. The van der Waals surface area contributed by atoms with Crippen LogP contribution in [0.25, 0.3) is 90.9 Å². The molecule has 3 aromatic heterocycles. The van der Waals surface area contributed by atoms with Gasteiger partial charge in [0.05, 0.1) is 33.8 Å². The molecule has 7 aromatic rings. The molecule has 53 heavy (non-hydrogen) atoms. The number of fused-ring (bicyclic) bond motifs is 8. The zero-order valence-corrected chi connectivity index (χ0v) is 30.7. The molecule has 4 aromatic carbocycles. The van der Waals surface area contributed by atoms with Crippen molar-refractivity contribution in [3.05, 3.63) is 166 Å². The molecule has 0 unspecified atom stereocenters. The summed E-state index contributed by atoms with van der Waals surface area (Å²) in [7, 11) is 2.16. The van der Waals surface area contributed by atoms with Crippen LogP contribution in [0.2, 0.25) is 0 Å². The van der Waals surface area contributed by atoms with Gasteiger partial charge in [-0.1, -0.05) is 119 Å². The van der Waals surface area contributed by atoms with E-state index in [9.17, 15) is 0 Å². The molecule has 0 spiro atoms. The Hall–Kier alpha value is -6.52. The number of nitrogens with one attached hydrogen (secondary N) is 1. The number of hydrogen-bond donors (Lipinski definition) is 1. The van der Waals surface area contributed by atoms with Gasteiger partial charge in [-0.15, -0.1) is 0 Å². The monoisotopic (exact) mass is 684 g/mol. The van der Waals surface area contributed by atoms with E-state index in [1.807, 2.05) is 0 Å². The molecule has 0 atom stereocenters. The van der Waals surface area contributed by atoms with Crippen LogP contribution in [0.1, 0.15) is 45.0 Å². The molecule has 9 rings (SSSR count). The highest BCUT2D eigenvalue weighted by Crippen LogP contribution is 2.39. The van der Waals surface area contributed by atoms with Crippen LogP contribution in [0, 0.1) is 27.7 Å². The topological polar surface area (TPSA) is 46.5 Å². The highest BCUT2D eigenvalue weighted by atomic mass is 14.9. The summed E-state index contributed by atoms with van der Waals surface area (Å²) in [6.07, 6.45) is 8.68. The Bertz CT molecular complexity index is 2580. The second-order valence-electron chi connectivity index (χ2n) is 14.3. The fourth-order valence-corrected chi connectivity index (χ4v) is 7.60. The van der Waals surface area contributed by atoms with Crippen molar-refractivity contribution in [2.75, 3.05) is 0 Å². The Kier molecular flexibility index (Phi) is 7.89. The molecule has 0 aliphatic carbocycles. The zero-order chi connectivity index (χ0) is 36.2. The number of hydrogen-bond acceptors (Lipinski definition) is 2. The van der Waals surface area contributed by atoms with Gasteiger partial charge in [-0.2, -0.15) is 0 Å². The lowest BCUT2D eigenvalue weighted by molar-refractivity contribution is 1.01. The van der Waals surface area contributed by atoms with E-state index in [4.69, 9.17) is 9.97 Å². The Labute approximate surface area is 310 Å². The van der Waals surface area contributed by atoms with Crippen molar-refractivity contribution in [2.24, 2.45) is 7.05 Å². The predicted octanol–water partition coefficient (Wildman–Crippen LogP) is 12.6. The molecular formula is C49H40N4. The van der Waals surface area contributed by atoms with Crippen molar-refractivity contribution in [3.8, 4) is 44.5 Å². The molecule has 0 fully saturated rings. The first-order valence-electron chi connectivity index (χ1n) is 18.2. The first-order chi connectivity index (χ1) is 25.8. The van der Waals surface area contributed by atoms with Crippen LogP contribution >= 0.6 is 0 Å². The molecule has 4 heteroatoms. The molecule has 0 radical (unpaired) electrons. The molecule has 2 aliphatic heterocycles. The van der Waals surface area contributed by atoms with Gasteiger partial charge in [0, 0.05) is 40.3 Å². The normalized spacial score (nSPS) is 12.1. The largest absolute Gasteiger partial charge is 0.354 e. The summed E-state index contributed by atoms with van der Waals surface area (Å²) >= 11 is 0. The van der Waals surface area contributed by atoms with Gasteiger partial charge in [0.1, 0.15) is 0 Å². The van der Waals surface area contributed by atoms with Crippen LogP contribution in [-0.4, -0.2) is 19.5 Å². The Morgan fingerprint density at radius 2 is 0.642 bits per heavy atom. The van der Waals surface area contributed by atoms with Crippen molar-refractivity contribution in [3.63, 3.8) is 0 Å². The van der Waals surface area contributed by atoms with E-state index < -0.39 is 0 Å². The molecule has 1 N–H and O–H groups in total. The number of H-pyrrole nitrogens is 1. The van der Waals surface area contributed by atoms with Crippen LogP contribution in [0.15, 0.2) is 121 Å². The van der Waals surface area contributed by atoms with Gasteiger partial charge in [-0.05, 0) is 98.5 Å². The minimum absolute atomic E-state index is 0.918. The number of aromatic nitrogens is 4. The zero-order valence-electron chi connectivity index (χ0n) is 30.7. The minimum atomic E-state index is 0.918. The minimum Gasteiger partial charge on any atom is -0.354 e. The standard InChI is InChI=1S/C49H40N4/c1-30-6-14-34(15-7-30)46-38-22-23-39(50-38)47(35-16-8-31(2)9-17-35)41-25-27-43(52-41)49(37-20-12-33(4)13-21-37)45-29-28-44(53(45)5)48(42-26-24-40(46)51-42)36-18-10-32(3)11-19-36/h6-29,50H,1-5H3. The molecule has 8 bridgehead atoms. The predicted molar refractivity (Wildman–Crippen MR) is 224 cm³/mol. The van der Waals surface area contributed by atoms with Crippen LogP contribution in [0.3, 0.4) is 0 Å². The summed E-state index contributed by atoms with van der Waals surface area (Å²) < 4.78 is 2.31. The lowest BCUT2D eigenvalue weighted by Gasteiger charge is -2.10. The SMILES string of the molecule is Cc1ccc(-c2c3nc(c(-c4ccc(C)cc4)c4ccc(c(-c5ccc(C)cc5)c5nc(c(-c6ccc(C)cc6)c6ccc2[nH]6)C=C5)n4C)C=C3)cc1. The average molecular weight is 685 g/mol. The van der Waals surface area contributed by atoms with Gasteiger partial charge < -0.3 is 9.55 Å². The number of aryl methyl sites for hydroxylation is 5. The third kappa shape index (κ3) is 5.83. The van der Waals surface area contributed by atoms with Crippen LogP contribution < -0.4 is 0 Å². The van der Waals surface area contributed by atoms with E-state index in [1.165, 1.54) is 22.3 Å². The van der Waals surface area contributed by atoms with Crippen molar-refractivity contribution in [1.82, 2.24) is 19.5 Å². The second-order valence-corrected chi connectivity index (χ2v) is 14.3. The van der Waals surface area contributed by atoms with E-state index in [0.29, 0.717) is 0 Å². The molecule has 256 valence electrons. The highest BCUT2D eigenvalue weighted by Gasteiger charge is 2.20. The number of benzene rings is 4. The van der Waals surface area contributed by atoms with Crippen molar-refractivity contribution in [2.45, 2.75) is 27.7 Å². The van der Waals surface area contributed by atoms with E-state index in [2.05, 4.69) is 190 Å². The summed E-state index contributed by atoms with van der Waals surface area (Å²) in [5.74, 6) is 0. The van der Waals surface area contributed by atoms with E-state index in [1.54, 1.807) is 0 Å². The molecule has 0 amide bonds. The van der Waals surface area contributed by atoms with E-state index >= 15 is 0 Å². The molecule has 5 heterocycles. The second kappa shape index (κ2) is 12.9. The molecule has 0 saturated heterocycles. The molecule has 4 nitrogen and oxygen atoms in total. The summed E-state index contributed by atoms with van der Waals surface area (Å²) in [5.41, 5.74) is 21.5. The van der Waals surface area contributed by atoms with Gasteiger partial charge in [-0.25, -0.2) is 9.97 Å². The third-order valence-electron chi connectivity index (χ3n) is 10.5. The maximum atomic E-state index is 5.46. The number of rotatable bonds is 4. The van der Waals surface area contributed by atoms with Crippen LogP contribution in [-0.2, 0) is 7.05 Å². The lowest BCUT2D eigenvalue weighted by Crippen LogP contribution is -1.95. The van der Waals surface area contributed by atoms with Gasteiger partial charge >= 0.3 is 0 Å². The fourth-order valence-electron chi connectivity index (χ4n) is 7.60. The van der Waals surface area contributed by atoms with Gasteiger partial charge in [0.25, 0.3) is 0 Å².